The molecule has 16 heavy (non-hydrogen) atoms. The zero-order chi connectivity index (χ0) is 12.6. The van der Waals surface area contributed by atoms with Crippen molar-refractivity contribution in [3.63, 3.8) is 0 Å². The summed E-state index contributed by atoms with van der Waals surface area (Å²) in [6.07, 6.45) is 2.69. The molecule has 1 N–H and O–H groups in total. The molecule has 3 nitrogen and oxygen atoms in total. The van der Waals surface area contributed by atoms with Crippen LogP contribution >= 0.6 is 0 Å². The zero-order valence-corrected chi connectivity index (χ0v) is 11.9. The summed E-state index contributed by atoms with van der Waals surface area (Å²) < 4.78 is 23.7. The number of rotatable bonds is 9. The first-order chi connectivity index (χ1) is 7.41. The molecule has 0 aliphatic rings. The fourth-order valence-corrected chi connectivity index (χ4v) is 3.44. The van der Waals surface area contributed by atoms with E-state index in [1.54, 1.807) is 0 Å². The van der Waals surface area contributed by atoms with Gasteiger partial charge in [0.25, 0.3) is 0 Å². The molecule has 1 atom stereocenters. The van der Waals surface area contributed by atoms with Gasteiger partial charge in [0, 0.05) is 6.04 Å². The normalized spacial score (nSPS) is 14.3. The first-order valence-corrected chi connectivity index (χ1v) is 8.17. The lowest BCUT2D eigenvalue weighted by atomic mass is 10.2. The molecule has 0 aromatic rings. The third kappa shape index (κ3) is 8.11. The van der Waals surface area contributed by atoms with Crippen molar-refractivity contribution in [2.75, 3.05) is 18.1 Å². The summed E-state index contributed by atoms with van der Waals surface area (Å²) >= 11 is 0. The third-order valence-electron chi connectivity index (χ3n) is 2.64. The number of sulfone groups is 1. The van der Waals surface area contributed by atoms with Crippen LogP contribution in [0.4, 0.5) is 0 Å². The van der Waals surface area contributed by atoms with Gasteiger partial charge in [0.15, 0.2) is 9.84 Å². The predicted octanol–water partition coefficient (Wildman–Crippen LogP) is 2.23. The summed E-state index contributed by atoms with van der Waals surface area (Å²) in [6, 6.07) is 0.122. The van der Waals surface area contributed by atoms with Crippen LogP contribution in [0.25, 0.3) is 0 Å². The van der Waals surface area contributed by atoms with Crippen molar-refractivity contribution in [3.05, 3.63) is 0 Å². The Hall–Kier alpha value is -0.0900. The van der Waals surface area contributed by atoms with E-state index >= 15 is 0 Å². The van der Waals surface area contributed by atoms with Crippen molar-refractivity contribution in [2.45, 2.75) is 53.0 Å². The van der Waals surface area contributed by atoms with Crippen LogP contribution in [0.2, 0.25) is 0 Å². The van der Waals surface area contributed by atoms with Crippen molar-refractivity contribution in [2.24, 2.45) is 5.92 Å². The molecule has 0 amide bonds. The molecule has 0 rings (SSSR count). The van der Waals surface area contributed by atoms with Crippen molar-refractivity contribution < 1.29 is 8.42 Å². The maximum absolute atomic E-state index is 11.8. The highest BCUT2D eigenvalue weighted by Crippen LogP contribution is 2.06. The smallest absolute Gasteiger partial charge is 0.151 e. The third-order valence-corrected chi connectivity index (χ3v) is 4.41. The molecule has 0 saturated carbocycles. The van der Waals surface area contributed by atoms with Crippen molar-refractivity contribution in [1.82, 2.24) is 5.32 Å². The Labute approximate surface area is 101 Å². The van der Waals surface area contributed by atoms with E-state index in [1.807, 2.05) is 6.92 Å². The number of nitrogens with one attached hydrogen (secondary N) is 1. The van der Waals surface area contributed by atoms with Crippen LogP contribution in [0.5, 0.6) is 0 Å². The second-order valence-electron chi connectivity index (χ2n) is 4.86. The fraction of sp³-hybridized carbons (Fsp3) is 1.00. The van der Waals surface area contributed by atoms with E-state index in [1.165, 1.54) is 0 Å². The highest BCUT2D eigenvalue weighted by Gasteiger charge is 2.17. The Morgan fingerprint density at radius 1 is 1.19 bits per heavy atom. The Kier molecular flexibility index (Phi) is 8.02. The summed E-state index contributed by atoms with van der Waals surface area (Å²) in [5.41, 5.74) is 0. The van der Waals surface area contributed by atoms with Gasteiger partial charge in [-0.2, -0.15) is 0 Å². The van der Waals surface area contributed by atoms with Crippen molar-refractivity contribution >= 4 is 9.84 Å². The molecular formula is C12H27NO2S. The van der Waals surface area contributed by atoms with Gasteiger partial charge in [0.2, 0.25) is 0 Å². The summed E-state index contributed by atoms with van der Waals surface area (Å²) in [7, 11) is -2.88. The highest BCUT2D eigenvalue weighted by atomic mass is 32.2. The molecule has 0 aliphatic heterocycles. The predicted molar refractivity (Wildman–Crippen MR) is 70.5 cm³/mol. The first kappa shape index (κ1) is 15.9. The van der Waals surface area contributed by atoms with Crippen LogP contribution in [-0.2, 0) is 9.84 Å². The minimum atomic E-state index is -2.88. The van der Waals surface area contributed by atoms with Crippen LogP contribution in [0.3, 0.4) is 0 Å². The second-order valence-corrected chi connectivity index (χ2v) is 7.08. The molecule has 1 unspecified atom stereocenters. The average molecular weight is 249 g/mol. The molecule has 0 spiro atoms. The maximum Gasteiger partial charge on any atom is 0.151 e. The molecule has 0 radical (unpaired) electrons. The summed E-state index contributed by atoms with van der Waals surface area (Å²) in [5, 5.41) is 3.28. The minimum absolute atomic E-state index is 0.122. The Morgan fingerprint density at radius 2 is 1.81 bits per heavy atom. The summed E-state index contributed by atoms with van der Waals surface area (Å²) in [4.78, 5) is 0. The van der Waals surface area contributed by atoms with Crippen molar-refractivity contribution in [1.29, 1.82) is 0 Å². The zero-order valence-electron chi connectivity index (χ0n) is 11.1. The molecule has 0 bridgehead atoms. The van der Waals surface area contributed by atoms with Gasteiger partial charge in [0.05, 0.1) is 11.5 Å². The number of hydrogen-bond donors (Lipinski definition) is 1. The fourth-order valence-electron chi connectivity index (χ4n) is 1.47. The minimum Gasteiger partial charge on any atom is -0.313 e. The van der Waals surface area contributed by atoms with Gasteiger partial charge >= 0.3 is 0 Å². The maximum atomic E-state index is 11.8. The average Bonchev–Trinajstić information content (AvgIpc) is 2.21. The van der Waals surface area contributed by atoms with Gasteiger partial charge in [0.1, 0.15) is 0 Å². The lowest BCUT2D eigenvalue weighted by Crippen LogP contribution is -2.36. The molecular weight excluding hydrogens is 222 g/mol. The van der Waals surface area contributed by atoms with Gasteiger partial charge in [-0.3, -0.25) is 0 Å². The Balaban J connectivity index is 4.10. The van der Waals surface area contributed by atoms with Crippen LogP contribution < -0.4 is 5.32 Å². The quantitative estimate of drug-likeness (QED) is 0.681. The van der Waals surface area contributed by atoms with Gasteiger partial charge in [-0.05, 0) is 31.7 Å². The largest absolute Gasteiger partial charge is 0.313 e. The summed E-state index contributed by atoms with van der Waals surface area (Å²) in [5.74, 6) is 1.07. The van der Waals surface area contributed by atoms with Gasteiger partial charge in [-0.25, -0.2) is 8.42 Å². The Bertz CT molecular complexity index is 260. The van der Waals surface area contributed by atoms with Crippen LogP contribution in [0.1, 0.15) is 47.0 Å². The van der Waals surface area contributed by atoms with Gasteiger partial charge in [-0.1, -0.05) is 27.7 Å². The van der Waals surface area contributed by atoms with E-state index in [-0.39, 0.29) is 11.8 Å². The van der Waals surface area contributed by atoms with E-state index in [0.717, 1.165) is 25.8 Å². The van der Waals surface area contributed by atoms with E-state index in [2.05, 4.69) is 26.1 Å². The molecule has 0 fully saturated rings. The molecule has 98 valence electrons. The van der Waals surface area contributed by atoms with Crippen LogP contribution in [-0.4, -0.2) is 32.5 Å². The van der Waals surface area contributed by atoms with E-state index in [0.29, 0.717) is 11.7 Å². The second kappa shape index (κ2) is 8.07. The van der Waals surface area contributed by atoms with Crippen LogP contribution in [0.15, 0.2) is 0 Å². The highest BCUT2D eigenvalue weighted by molar-refractivity contribution is 7.91. The first-order valence-electron chi connectivity index (χ1n) is 6.35. The van der Waals surface area contributed by atoms with E-state index in [9.17, 15) is 8.42 Å². The standard InChI is InChI=1S/C12H27NO2S/c1-5-8-13-12(6-2)10-16(14,15)9-7-11(3)4/h11-13H,5-10H2,1-4H3. The summed E-state index contributed by atoms with van der Waals surface area (Å²) in [6.45, 7) is 9.14. The monoisotopic (exact) mass is 249 g/mol. The van der Waals surface area contributed by atoms with Gasteiger partial charge < -0.3 is 5.32 Å². The van der Waals surface area contributed by atoms with Gasteiger partial charge in [-0.15, -0.1) is 0 Å². The molecule has 0 heterocycles. The van der Waals surface area contributed by atoms with E-state index in [4.69, 9.17) is 0 Å². The van der Waals surface area contributed by atoms with E-state index < -0.39 is 9.84 Å². The molecule has 4 heteroatoms. The lowest BCUT2D eigenvalue weighted by molar-refractivity contribution is 0.516. The molecule has 0 aliphatic carbocycles. The SMILES string of the molecule is CCCNC(CC)CS(=O)(=O)CCC(C)C. The van der Waals surface area contributed by atoms with Crippen molar-refractivity contribution in [3.8, 4) is 0 Å². The molecule has 0 aromatic carbocycles. The Morgan fingerprint density at radius 3 is 2.25 bits per heavy atom. The topological polar surface area (TPSA) is 46.2 Å². The number of hydrogen-bond acceptors (Lipinski definition) is 3. The lowest BCUT2D eigenvalue weighted by Gasteiger charge is -2.17. The molecule has 0 aromatic heterocycles. The van der Waals surface area contributed by atoms with Crippen LogP contribution in [0, 0.1) is 5.92 Å². The molecule has 0 saturated heterocycles.